The van der Waals surface area contributed by atoms with Crippen LogP contribution in [0.4, 0.5) is 0 Å². The number of rotatable bonds is 2. The Morgan fingerprint density at radius 3 is 1.55 bits per heavy atom. The van der Waals surface area contributed by atoms with Crippen molar-refractivity contribution in [3.8, 4) is 67.2 Å². The van der Waals surface area contributed by atoms with Gasteiger partial charge in [0.15, 0.2) is 5.82 Å². The molecule has 0 radical (unpaired) electrons. The van der Waals surface area contributed by atoms with Crippen LogP contribution in [-0.2, 0) is 25.7 Å². The van der Waals surface area contributed by atoms with Crippen LogP contribution in [-0.4, -0.2) is 9.97 Å². The molecule has 44 heavy (non-hydrogen) atoms. The van der Waals surface area contributed by atoms with E-state index in [1.54, 1.807) is 0 Å². The molecule has 0 saturated carbocycles. The average molecular weight is 557 g/mol. The van der Waals surface area contributed by atoms with Gasteiger partial charge in [-0.25, -0.2) is 9.97 Å². The summed E-state index contributed by atoms with van der Waals surface area (Å²) in [6, 6.07) is 36.0. The Hall–Kier alpha value is -5.34. The van der Waals surface area contributed by atoms with E-state index in [0.29, 0.717) is 0 Å². The van der Waals surface area contributed by atoms with E-state index in [1.165, 1.54) is 94.6 Å². The van der Waals surface area contributed by atoms with E-state index in [2.05, 4.69) is 97.1 Å². The molecule has 0 unspecified atom stereocenters. The zero-order valence-corrected chi connectivity index (χ0v) is 24.0. The van der Waals surface area contributed by atoms with Crippen molar-refractivity contribution >= 4 is 10.9 Å². The number of hydrogen-bond acceptors (Lipinski definition) is 2. The van der Waals surface area contributed by atoms with Crippen molar-refractivity contribution < 1.29 is 0 Å². The molecule has 0 amide bonds. The summed E-state index contributed by atoms with van der Waals surface area (Å²) in [6.07, 6.45) is 3.96. The van der Waals surface area contributed by atoms with Crippen molar-refractivity contribution in [1.82, 2.24) is 9.97 Å². The van der Waals surface area contributed by atoms with Gasteiger partial charge in [0.25, 0.3) is 0 Å². The Morgan fingerprint density at radius 1 is 0.409 bits per heavy atom. The summed E-state index contributed by atoms with van der Waals surface area (Å²) in [5.74, 6) is 0.840. The third-order valence-electron chi connectivity index (χ3n) is 11.1. The molecule has 0 bridgehead atoms. The number of aromatic nitrogens is 2. The standard InChI is InChI=1S/C42H24N2/c1-2-6-21(7-3-1)41-29-8-4-5-9-32(29)43-42(44-41)31-20-28-18-26-13-12-24-16-22-10-11-23-17-25-14-15-27-19-30(31)40-38(27)36(25)34(23)33(22)35(24)37(26)39(28)40/h1-15,20H,16-19H2. The molecule has 5 aliphatic rings. The van der Waals surface area contributed by atoms with Gasteiger partial charge in [-0.15, -0.1) is 0 Å². The van der Waals surface area contributed by atoms with Gasteiger partial charge in [-0.05, 0) is 127 Å². The number of nitrogens with zero attached hydrogens (tertiary/aromatic N) is 2. The van der Waals surface area contributed by atoms with Gasteiger partial charge in [0.1, 0.15) is 0 Å². The zero-order chi connectivity index (χ0) is 28.3. The number of hydrogen-bond donors (Lipinski definition) is 0. The summed E-state index contributed by atoms with van der Waals surface area (Å²) >= 11 is 0. The second-order valence-electron chi connectivity index (χ2n) is 13.2. The number of benzene rings is 6. The minimum absolute atomic E-state index is 0.840. The van der Waals surface area contributed by atoms with Crippen molar-refractivity contribution in [2.45, 2.75) is 25.7 Å². The predicted molar refractivity (Wildman–Crippen MR) is 177 cm³/mol. The van der Waals surface area contributed by atoms with E-state index < -0.39 is 0 Å². The van der Waals surface area contributed by atoms with Crippen LogP contribution < -0.4 is 0 Å². The fraction of sp³-hybridized carbons (Fsp3) is 0.0952. The smallest absolute Gasteiger partial charge is 0.160 e. The molecule has 2 heteroatoms. The molecule has 1 aromatic heterocycles. The highest BCUT2D eigenvalue weighted by Gasteiger charge is 2.42. The summed E-state index contributed by atoms with van der Waals surface area (Å²) in [4.78, 5) is 10.7. The maximum Gasteiger partial charge on any atom is 0.160 e. The topological polar surface area (TPSA) is 25.8 Å². The first-order valence-corrected chi connectivity index (χ1v) is 15.8. The molecule has 0 aliphatic heterocycles. The van der Waals surface area contributed by atoms with Gasteiger partial charge in [0.05, 0.1) is 11.2 Å². The number of fused-ring (bicyclic) bond motifs is 1. The van der Waals surface area contributed by atoms with Crippen LogP contribution in [0.3, 0.4) is 0 Å². The van der Waals surface area contributed by atoms with E-state index in [-0.39, 0.29) is 0 Å². The monoisotopic (exact) mass is 556 g/mol. The van der Waals surface area contributed by atoms with E-state index in [9.17, 15) is 0 Å². The molecule has 12 rings (SSSR count). The summed E-state index contributed by atoms with van der Waals surface area (Å²) in [6.45, 7) is 0. The minimum atomic E-state index is 0.840. The SMILES string of the molecule is c1ccc(-c2nc(-c3cc4c5c6c3Cc3ccc7c(c3-6)-c3c(ccc6c3-c3c(ccc(c3-5)C4)C6)C7)nc3ccccc23)cc1. The third kappa shape index (κ3) is 2.50. The van der Waals surface area contributed by atoms with Crippen LogP contribution in [0.2, 0.25) is 0 Å². The van der Waals surface area contributed by atoms with Crippen molar-refractivity contribution in [2.75, 3.05) is 0 Å². The zero-order valence-electron chi connectivity index (χ0n) is 24.0. The van der Waals surface area contributed by atoms with Gasteiger partial charge in [-0.2, -0.15) is 0 Å². The molecule has 1 heterocycles. The van der Waals surface area contributed by atoms with Gasteiger partial charge in [0, 0.05) is 16.5 Å². The normalized spacial score (nSPS) is 14.5. The summed E-state index contributed by atoms with van der Waals surface area (Å²) in [7, 11) is 0. The van der Waals surface area contributed by atoms with Gasteiger partial charge >= 0.3 is 0 Å². The average Bonchev–Trinajstić information content (AvgIpc) is 3.81. The Bertz CT molecular complexity index is 2540. The first-order valence-electron chi connectivity index (χ1n) is 15.8. The lowest BCUT2D eigenvalue weighted by Gasteiger charge is -2.23. The molecule has 202 valence electrons. The summed E-state index contributed by atoms with van der Waals surface area (Å²) in [5.41, 5.74) is 28.1. The lowest BCUT2D eigenvalue weighted by Crippen LogP contribution is -2.01. The predicted octanol–water partition coefficient (Wildman–Crippen LogP) is 9.56. The molecular formula is C42H24N2. The van der Waals surface area contributed by atoms with Crippen LogP contribution in [0.5, 0.6) is 0 Å². The Balaban J connectivity index is 1.23. The fourth-order valence-corrected chi connectivity index (χ4v) is 9.35. The van der Waals surface area contributed by atoms with Gasteiger partial charge in [-0.3, -0.25) is 0 Å². The first-order chi connectivity index (χ1) is 21.8. The van der Waals surface area contributed by atoms with Crippen LogP contribution >= 0.6 is 0 Å². The Morgan fingerprint density at radius 2 is 0.909 bits per heavy atom. The van der Waals surface area contributed by atoms with E-state index in [4.69, 9.17) is 9.97 Å². The molecule has 0 saturated heterocycles. The molecular weight excluding hydrogens is 532 g/mol. The fourth-order valence-electron chi connectivity index (χ4n) is 9.35. The van der Waals surface area contributed by atoms with Gasteiger partial charge in [-0.1, -0.05) is 84.9 Å². The summed E-state index contributed by atoms with van der Waals surface area (Å²) < 4.78 is 0. The lowest BCUT2D eigenvalue weighted by atomic mass is 9.80. The Kier molecular flexibility index (Phi) is 3.74. The highest BCUT2D eigenvalue weighted by Crippen LogP contribution is 2.63. The minimum Gasteiger partial charge on any atom is -0.228 e. The maximum atomic E-state index is 5.39. The van der Waals surface area contributed by atoms with Crippen LogP contribution in [0.25, 0.3) is 78.1 Å². The van der Waals surface area contributed by atoms with E-state index in [1.807, 2.05) is 0 Å². The Labute approximate surface area is 254 Å². The summed E-state index contributed by atoms with van der Waals surface area (Å²) in [5, 5.41) is 1.10. The molecule has 2 nitrogen and oxygen atoms in total. The largest absolute Gasteiger partial charge is 0.228 e. The van der Waals surface area contributed by atoms with E-state index >= 15 is 0 Å². The van der Waals surface area contributed by atoms with E-state index in [0.717, 1.165) is 53.7 Å². The quantitative estimate of drug-likeness (QED) is 0.212. The highest BCUT2D eigenvalue weighted by atomic mass is 14.9. The number of para-hydroxylation sites is 1. The molecule has 0 fully saturated rings. The van der Waals surface area contributed by atoms with Crippen molar-refractivity contribution in [3.63, 3.8) is 0 Å². The van der Waals surface area contributed by atoms with Crippen molar-refractivity contribution in [2.24, 2.45) is 0 Å². The first kappa shape index (κ1) is 22.2. The second kappa shape index (κ2) is 7.41. The maximum absolute atomic E-state index is 5.39. The lowest BCUT2D eigenvalue weighted by molar-refractivity contribution is 1.18. The third-order valence-corrected chi connectivity index (χ3v) is 11.1. The molecule has 6 aromatic carbocycles. The van der Waals surface area contributed by atoms with Crippen LogP contribution in [0, 0.1) is 0 Å². The molecule has 0 spiro atoms. The molecule has 0 atom stereocenters. The highest BCUT2D eigenvalue weighted by molar-refractivity contribution is 6.14. The van der Waals surface area contributed by atoms with Gasteiger partial charge < -0.3 is 0 Å². The molecule has 0 N–H and O–H groups in total. The van der Waals surface area contributed by atoms with Crippen LogP contribution in [0.15, 0.2) is 97.1 Å². The second-order valence-corrected chi connectivity index (χ2v) is 13.2. The van der Waals surface area contributed by atoms with Gasteiger partial charge in [0.2, 0.25) is 0 Å². The van der Waals surface area contributed by atoms with Crippen LogP contribution in [0.1, 0.15) is 44.5 Å². The van der Waals surface area contributed by atoms with Crippen molar-refractivity contribution in [1.29, 1.82) is 0 Å². The molecule has 7 aromatic rings. The molecule has 5 aliphatic carbocycles. The van der Waals surface area contributed by atoms with Crippen molar-refractivity contribution in [3.05, 3.63) is 142 Å².